The smallest absolute Gasteiger partial charge is 0.353 e. The number of rotatable bonds is 13. The van der Waals surface area contributed by atoms with Gasteiger partial charge in [0.05, 0.1) is 60.7 Å². The lowest BCUT2D eigenvalue weighted by molar-refractivity contribution is 0.245. The van der Waals surface area contributed by atoms with Crippen LogP contribution in [0.3, 0.4) is 0 Å². The molecule has 2 fully saturated rings. The number of halogens is 3. The summed E-state index contributed by atoms with van der Waals surface area (Å²) in [7, 11) is 0. The third-order valence-electron chi connectivity index (χ3n) is 14.6. The SMILES string of the molecule is Cc1nc(-c2ccc(F)c(N3CCN(CCn4ncc5c4nc(N)n4c(=O)n(Cc6ccccc6)nc54)CC3)c2)no1.Cc1nc(-c2ccc(F)c(N3CCNCC3)c2)no1.Nc1nc2c(cnn2CCCl)c2nn(Cc3ccccc3)c(=O)n12. The van der Waals surface area contributed by atoms with Crippen molar-refractivity contribution in [2.45, 2.75) is 40.0 Å². The topological polar surface area (TPSA) is 292 Å². The fourth-order valence-corrected chi connectivity index (χ4v) is 10.5. The summed E-state index contributed by atoms with van der Waals surface area (Å²) in [6.07, 6.45) is 3.30. The average molecular weight is 1180 g/mol. The molecule has 26 nitrogen and oxygen atoms in total. The lowest BCUT2D eigenvalue weighted by Gasteiger charge is -2.36. The fraction of sp³-hybridized carbons (Fsp3) is 0.286. The molecule has 0 saturated carbocycles. The summed E-state index contributed by atoms with van der Waals surface area (Å²) in [5, 5.41) is 30.2. The van der Waals surface area contributed by atoms with Crippen molar-refractivity contribution in [1.82, 2.24) is 88.4 Å². The molecule has 2 aliphatic heterocycles. The summed E-state index contributed by atoms with van der Waals surface area (Å²) < 4.78 is 47.6. The van der Waals surface area contributed by atoms with E-state index in [9.17, 15) is 18.4 Å². The second-order valence-corrected chi connectivity index (χ2v) is 20.6. The van der Waals surface area contributed by atoms with Crippen LogP contribution in [-0.4, -0.2) is 148 Å². The zero-order valence-corrected chi connectivity index (χ0v) is 47.0. The normalized spacial score (nSPS) is 13.9. The summed E-state index contributed by atoms with van der Waals surface area (Å²) >= 11 is 5.78. The van der Waals surface area contributed by atoms with Crippen molar-refractivity contribution in [2.75, 3.05) is 86.0 Å². The molecular weight excluding hydrogens is 1120 g/mol. The third-order valence-corrected chi connectivity index (χ3v) is 14.8. The van der Waals surface area contributed by atoms with Crippen molar-refractivity contribution >= 4 is 68.2 Å². The number of benzene rings is 4. The van der Waals surface area contributed by atoms with E-state index < -0.39 is 0 Å². The van der Waals surface area contributed by atoms with Crippen LogP contribution < -0.4 is 38.0 Å². The highest BCUT2D eigenvalue weighted by Crippen LogP contribution is 2.29. The van der Waals surface area contributed by atoms with Gasteiger partial charge in [-0.1, -0.05) is 71.0 Å². The van der Waals surface area contributed by atoms with Crippen LogP contribution in [0.4, 0.5) is 32.1 Å². The highest BCUT2D eigenvalue weighted by Gasteiger charge is 2.24. The Morgan fingerprint density at radius 3 is 1.46 bits per heavy atom. The van der Waals surface area contributed by atoms with Crippen molar-refractivity contribution in [3.63, 3.8) is 0 Å². The molecule has 0 amide bonds. The Morgan fingerprint density at radius 2 is 1.01 bits per heavy atom. The van der Waals surface area contributed by atoms with Crippen molar-refractivity contribution in [3.8, 4) is 22.8 Å². The molecule has 4 aromatic carbocycles. The molecule has 12 aromatic rings. The molecule has 0 bridgehead atoms. The number of anilines is 4. The number of nitrogen functional groups attached to an aromatic ring is 2. The van der Waals surface area contributed by atoms with Crippen LogP contribution in [-0.2, 0) is 26.2 Å². The highest BCUT2D eigenvalue weighted by molar-refractivity contribution is 6.17. The minimum absolute atomic E-state index is 0.0670. The molecular formula is C56H57ClF2N22O4. The van der Waals surface area contributed by atoms with Crippen molar-refractivity contribution in [2.24, 2.45) is 0 Å². The number of nitrogens with zero attached hydrogens (tertiary/aromatic N) is 19. The number of aryl methyl sites for hydroxylation is 3. The van der Waals surface area contributed by atoms with Crippen LogP contribution in [0.25, 0.3) is 56.1 Å². The lowest BCUT2D eigenvalue weighted by atomic mass is 10.1. The van der Waals surface area contributed by atoms with E-state index in [2.05, 4.69) is 60.9 Å². The van der Waals surface area contributed by atoms with E-state index in [0.717, 1.165) is 62.5 Å². The summed E-state index contributed by atoms with van der Waals surface area (Å²) in [5.41, 5.74) is 18.1. The van der Waals surface area contributed by atoms with Gasteiger partial charge in [0.1, 0.15) is 11.6 Å². The molecule has 8 aromatic heterocycles. The van der Waals surface area contributed by atoms with Gasteiger partial charge in [0.25, 0.3) is 0 Å². The summed E-state index contributed by atoms with van der Waals surface area (Å²) in [6.45, 7) is 12.1. The lowest BCUT2D eigenvalue weighted by Crippen LogP contribution is -2.47. The number of hydrogen-bond donors (Lipinski definition) is 3. The Kier molecular flexibility index (Phi) is 15.8. The van der Waals surface area contributed by atoms with Crippen LogP contribution in [0.2, 0.25) is 0 Å². The summed E-state index contributed by atoms with van der Waals surface area (Å²) in [4.78, 5) is 49.3. The number of nitrogens with one attached hydrogen (secondary N) is 1. The predicted octanol–water partition coefficient (Wildman–Crippen LogP) is 4.89. The van der Waals surface area contributed by atoms with Gasteiger partial charge in [-0.3, -0.25) is 4.90 Å². The molecule has 85 heavy (non-hydrogen) atoms. The van der Waals surface area contributed by atoms with Gasteiger partial charge in [-0.2, -0.15) is 30.1 Å². The average Bonchev–Trinajstić information content (AvgIpc) is 2.03. The maximum Gasteiger partial charge on any atom is 0.353 e. The molecule has 2 saturated heterocycles. The van der Waals surface area contributed by atoms with E-state index in [4.69, 9.17) is 32.1 Å². The molecule has 10 heterocycles. The molecule has 436 valence electrons. The van der Waals surface area contributed by atoms with Crippen LogP contribution in [0, 0.1) is 25.5 Å². The van der Waals surface area contributed by atoms with Crippen LogP contribution in [0.1, 0.15) is 22.9 Å². The molecule has 0 radical (unpaired) electrons. The zero-order valence-electron chi connectivity index (χ0n) is 46.2. The maximum atomic E-state index is 14.8. The van der Waals surface area contributed by atoms with Crippen LogP contribution in [0.5, 0.6) is 0 Å². The van der Waals surface area contributed by atoms with Gasteiger partial charge < -0.3 is 35.6 Å². The number of fused-ring (bicyclic) bond motifs is 6. The van der Waals surface area contributed by atoms with E-state index in [1.165, 1.54) is 30.3 Å². The van der Waals surface area contributed by atoms with E-state index in [1.54, 1.807) is 59.9 Å². The predicted molar refractivity (Wildman–Crippen MR) is 314 cm³/mol. The van der Waals surface area contributed by atoms with E-state index in [0.29, 0.717) is 119 Å². The number of aromatic nitrogens is 16. The van der Waals surface area contributed by atoms with E-state index in [1.807, 2.05) is 70.5 Å². The van der Waals surface area contributed by atoms with Crippen molar-refractivity contribution in [1.29, 1.82) is 0 Å². The molecule has 0 atom stereocenters. The van der Waals surface area contributed by atoms with Crippen LogP contribution in [0.15, 0.2) is 128 Å². The first kappa shape index (κ1) is 55.6. The third kappa shape index (κ3) is 11.6. The number of nitrogens with two attached hydrogens (primary N) is 2. The monoisotopic (exact) mass is 1170 g/mol. The standard InChI is InChI=1S/C28H28FN11O2.C15H14ClN7O.C13H15FN4O/c1-18-32-24(35-42-18)20-7-8-22(29)23(15-20)37-12-9-36(10-13-37)11-14-38-25-21(16-31-38)26-34-39(17-19-5-3-2-4-6-19)28(41)40(26)27(30)33-25;16-6-7-21-12-11(8-18-21)13-20-22(9-10-4-2-1-3-5-10)15(24)23(13)14(17)19-12;1-9-16-13(17-19-9)10-2-3-11(14)12(8-10)18-6-4-15-5-7-18/h2-8,15-16H,9-14,17H2,1H3,(H2,30,33);1-5,8H,6-7,9H2,(H2,17,19);2-3,8,15H,4-7H2,1H3. The molecule has 14 rings (SSSR count). The van der Waals surface area contributed by atoms with Gasteiger partial charge in [-0.05, 0) is 47.5 Å². The zero-order chi connectivity index (χ0) is 58.7. The minimum atomic E-state index is -0.347. The van der Waals surface area contributed by atoms with Gasteiger partial charge in [0.2, 0.25) is 35.3 Å². The fourth-order valence-electron chi connectivity index (χ4n) is 10.3. The molecule has 29 heteroatoms. The van der Waals surface area contributed by atoms with Gasteiger partial charge in [-0.25, -0.2) is 45.9 Å². The van der Waals surface area contributed by atoms with Crippen LogP contribution >= 0.6 is 11.6 Å². The van der Waals surface area contributed by atoms with E-state index in [-0.39, 0.29) is 34.9 Å². The van der Waals surface area contributed by atoms with E-state index >= 15 is 0 Å². The molecule has 0 spiro atoms. The Balaban J connectivity index is 0.000000139. The van der Waals surface area contributed by atoms with Crippen molar-refractivity contribution < 1.29 is 17.8 Å². The first-order valence-corrected chi connectivity index (χ1v) is 27.9. The summed E-state index contributed by atoms with van der Waals surface area (Å²) in [6, 6.07) is 29.1. The Morgan fingerprint density at radius 1 is 0.553 bits per heavy atom. The Labute approximate surface area is 486 Å². The van der Waals surface area contributed by atoms with Gasteiger partial charge in [0, 0.05) is 89.8 Å². The number of alkyl halides is 1. The van der Waals surface area contributed by atoms with Gasteiger partial charge in [-0.15, -0.1) is 21.8 Å². The molecule has 2 aliphatic rings. The molecule has 0 aliphatic carbocycles. The maximum absolute atomic E-state index is 14.8. The number of hydrogen-bond acceptors (Lipinski definition) is 20. The summed E-state index contributed by atoms with van der Waals surface area (Å²) in [5.74, 6) is 1.95. The molecule has 0 unspecified atom stereocenters. The molecule has 5 N–H and O–H groups in total. The Hall–Kier alpha value is -9.93. The number of piperazine rings is 2. The minimum Gasteiger partial charge on any atom is -0.369 e. The first-order valence-electron chi connectivity index (χ1n) is 27.4. The highest BCUT2D eigenvalue weighted by atomic mass is 35.5. The second-order valence-electron chi connectivity index (χ2n) is 20.2. The Bertz CT molecular complexity index is 4440. The second kappa shape index (κ2) is 24.1. The van der Waals surface area contributed by atoms with Gasteiger partial charge in [0.15, 0.2) is 22.6 Å². The first-order chi connectivity index (χ1) is 41.4. The quantitative estimate of drug-likeness (QED) is 0.129. The van der Waals surface area contributed by atoms with Gasteiger partial charge >= 0.3 is 11.4 Å². The van der Waals surface area contributed by atoms with Crippen molar-refractivity contribution in [3.05, 3.63) is 165 Å². The largest absolute Gasteiger partial charge is 0.369 e.